The molecule has 2 aliphatic heterocycles. The number of carbonyl (C=O) groups is 2. The molecule has 7 heteroatoms. The second-order valence-electron chi connectivity index (χ2n) is 9.61. The van der Waals surface area contributed by atoms with Crippen molar-refractivity contribution in [2.45, 2.75) is 25.7 Å². The van der Waals surface area contributed by atoms with Gasteiger partial charge in [-0.25, -0.2) is 0 Å². The van der Waals surface area contributed by atoms with Crippen molar-refractivity contribution < 1.29 is 14.3 Å². The lowest BCUT2D eigenvalue weighted by Crippen LogP contribution is -2.43. The van der Waals surface area contributed by atoms with Crippen LogP contribution in [0.2, 0.25) is 5.02 Å². The standard InChI is InChI=1S/C26H32ClN3O3/c1-26(2,18-29-10-12-33-13-11-29)21-6-8-23(9-7-21)30-17-19(14-24(30)31)16-28-25(32)20-4-3-5-22(27)15-20/h3-9,15,19H,10-14,16-18H2,1-2H3,(H,28,32). The van der Waals surface area contributed by atoms with Gasteiger partial charge in [0.25, 0.3) is 5.91 Å². The summed E-state index contributed by atoms with van der Waals surface area (Å²) in [4.78, 5) is 29.3. The number of amides is 2. The van der Waals surface area contributed by atoms with E-state index in [2.05, 4.69) is 36.2 Å². The summed E-state index contributed by atoms with van der Waals surface area (Å²) in [5.41, 5.74) is 2.71. The van der Waals surface area contributed by atoms with Gasteiger partial charge >= 0.3 is 0 Å². The first-order chi connectivity index (χ1) is 15.8. The summed E-state index contributed by atoms with van der Waals surface area (Å²) in [7, 11) is 0. The Morgan fingerprint density at radius 2 is 1.88 bits per heavy atom. The lowest BCUT2D eigenvalue weighted by molar-refractivity contribution is -0.117. The fourth-order valence-electron chi connectivity index (χ4n) is 4.64. The Labute approximate surface area is 200 Å². The third-order valence-electron chi connectivity index (χ3n) is 6.53. The number of benzene rings is 2. The molecule has 6 nitrogen and oxygen atoms in total. The van der Waals surface area contributed by atoms with Gasteiger partial charge in [0.1, 0.15) is 0 Å². The predicted molar refractivity (Wildman–Crippen MR) is 131 cm³/mol. The van der Waals surface area contributed by atoms with Crippen LogP contribution >= 0.6 is 11.6 Å². The van der Waals surface area contributed by atoms with Gasteiger partial charge in [0.2, 0.25) is 5.91 Å². The fourth-order valence-corrected chi connectivity index (χ4v) is 4.83. The predicted octanol–water partition coefficient (Wildman–Crippen LogP) is 3.73. The van der Waals surface area contributed by atoms with E-state index in [-0.39, 0.29) is 23.1 Å². The Balaban J connectivity index is 1.33. The normalized spacial score (nSPS) is 19.7. The summed E-state index contributed by atoms with van der Waals surface area (Å²) >= 11 is 5.97. The molecule has 0 saturated carbocycles. The molecule has 176 valence electrons. The minimum atomic E-state index is -0.171. The van der Waals surface area contributed by atoms with Crippen LogP contribution in [-0.2, 0) is 14.9 Å². The van der Waals surface area contributed by atoms with Crippen LogP contribution in [0.1, 0.15) is 36.2 Å². The van der Waals surface area contributed by atoms with Crippen molar-refractivity contribution in [1.29, 1.82) is 0 Å². The Morgan fingerprint density at radius 3 is 2.58 bits per heavy atom. The minimum Gasteiger partial charge on any atom is -0.379 e. The number of hydrogen-bond donors (Lipinski definition) is 1. The van der Waals surface area contributed by atoms with Crippen LogP contribution in [0.3, 0.4) is 0 Å². The topological polar surface area (TPSA) is 61.9 Å². The number of rotatable bonds is 7. The lowest BCUT2D eigenvalue weighted by Gasteiger charge is -2.35. The van der Waals surface area contributed by atoms with E-state index in [1.54, 1.807) is 24.3 Å². The van der Waals surface area contributed by atoms with Gasteiger partial charge in [-0.15, -0.1) is 0 Å². The van der Waals surface area contributed by atoms with E-state index in [0.29, 0.717) is 30.1 Å². The highest BCUT2D eigenvalue weighted by Crippen LogP contribution is 2.30. The molecule has 2 amide bonds. The fraction of sp³-hybridized carbons (Fsp3) is 0.462. The molecule has 0 bridgehead atoms. The first kappa shape index (κ1) is 23.7. The maximum Gasteiger partial charge on any atom is 0.251 e. The Kier molecular flexibility index (Phi) is 7.37. The summed E-state index contributed by atoms with van der Waals surface area (Å²) in [6.45, 7) is 10.1. The molecule has 2 aromatic carbocycles. The quantitative estimate of drug-likeness (QED) is 0.671. The zero-order chi connectivity index (χ0) is 23.4. The zero-order valence-electron chi connectivity index (χ0n) is 19.4. The number of hydrogen-bond acceptors (Lipinski definition) is 4. The molecule has 0 spiro atoms. The lowest BCUT2D eigenvalue weighted by atomic mass is 9.84. The van der Waals surface area contributed by atoms with Crippen molar-refractivity contribution in [3.8, 4) is 0 Å². The molecule has 1 atom stereocenters. The molecule has 2 heterocycles. The molecular formula is C26H32ClN3O3. The number of morpholine rings is 1. The summed E-state index contributed by atoms with van der Waals surface area (Å²) in [5, 5.41) is 3.47. The molecule has 2 fully saturated rings. The first-order valence-corrected chi connectivity index (χ1v) is 11.9. The van der Waals surface area contributed by atoms with Gasteiger partial charge < -0.3 is 15.0 Å². The highest BCUT2D eigenvalue weighted by Gasteiger charge is 2.31. The van der Waals surface area contributed by atoms with E-state index in [9.17, 15) is 9.59 Å². The van der Waals surface area contributed by atoms with E-state index in [1.807, 2.05) is 17.0 Å². The molecular weight excluding hydrogens is 438 g/mol. The number of nitrogens with one attached hydrogen (secondary N) is 1. The minimum absolute atomic E-state index is 0.0119. The summed E-state index contributed by atoms with van der Waals surface area (Å²) in [6.07, 6.45) is 0.431. The van der Waals surface area contributed by atoms with Crippen LogP contribution < -0.4 is 10.2 Å². The van der Waals surface area contributed by atoms with Crippen molar-refractivity contribution in [3.05, 3.63) is 64.7 Å². The average Bonchev–Trinajstić information content (AvgIpc) is 3.18. The molecule has 0 radical (unpaired) electrons. The largest absolute Gasteiger partial charge is 0.379 e. The van der Waals surface area contributed by atoms with Crippen molar-refractivity contribution in [3.63, 3.8) is 0 Å². The smallest absolute Gasteiger partial charge is 0.251 e. The molecule has 1 N–H and O–H groups in total. The summed E-state index contributed by atoms with van der Waals surface area (Å²) in [5.74, 6) is 0.00524. The Hall–Kier alpha value is -2.41. The second kappa shape index (κ2) is 10.2. The van der Waals surface area contributed by atoms with Crippen molar-refractivity contribution >= 4 is 29.1 Å². The van der Waals surface area contributed by atoms with Crippen molar-refractivity contribution in [2.24, 2.45) is 5.92 Å². The number of anilines is 1. The van der Waals surface area contributed by atoms with E-state index in [0.717, 1.165) is 38.5 Å². The highest BCUT2D eigenvalue weighted by atomic mass is 35.5. The van der Waals surface area contributed by atoms with Crippen LogP contribution in [0.25, 0.3) is 0 Å². The van der Waals surface area contributed by atoms with Gasteiger partial charge in [0.05, 0.1) is 13.2 Å². The third kappa shape index (κ3) is 5.94. The number of ether oxygens (including phenoxy) is 1. The molecule has 33 heavy (non-hydrogen) atoms. The monoisotopic (exact) mass is 469 g/mol. The van der Waals surface area contributed by atoms with Gasteiger partial charge in [-0.3, -0.25) is 14.5 Å². The number of carbonyl (C=O) groups excluding carboxylic acids is 2. The van der Waals surface area contributed by atoms with Gasteiger partial charge in [-0.05, 0) is 35.9 Å². The van der Waals surface area contributed by atoms with E-state index < -0.39 is 0 Å². The van der Waals surface area contributed by atoms with E-state index >= 15 is 0 Å². The maximum atomic E-state index is 12.7. The summed E-state index contributed by atoms with van der Waals surface area (Å²) in [6, 6.07) is 15.2. The molecule has 2 aliphatic rings. The third-order valence-corrected chi connectivity index (χ3v) is 6.76. The van der Waals surface area contributed by atoms with Crippen LogP contribution in [0.5, 0.6) is 0 Å². The van der Waals surface area contributed by atoms with Gasteiger partial charge in [0.15, 0.2) is 0 Å². The summed E-state index contributed by atoms with van der Waals surface area (Å²) < 4.78 is 5.46. The number of nitrogens with zero attached hydrogens (tertiary/aromatic N) is 2. The Bertz CT molecular complexity index is 987. The van der Waals surface area contributed by atoms with Gasteiger partial charge in [-0.2, -0.15) is 0 Å². The first-order valence-electron chi connectivity index (χ1n) is 11.6. The van der Waals surface area contributed by atoms with Crippen molar-refractivity contribution in [2.75, 3.05) is 50.8 Å². The SMILES string of the molecule is CC(C)(CN1CCOCC1)c1ccc(N2CC(CNC(=O)c3cccc(Cl)c3)CC2=O)cc1. The van der Waals surface area contributed by atoms with Crippen LogP contribution in [0.15, 0.2) is 48.5 Å². The maximum absolute atomic E-state index is 12.7. The molecule has 0 aliphatic carbocycles. The zero-order valence-corrected chi connectivity index (χ0v) is 20.1. The van der Waals surface area contributed by atoms with E-state index in [1.165, 1.54) is 5.56 Å². The highest BCUT2D eigenvalue weighted by molar-refractivity contribution is 6.30. The van der Waals surface area contributed by atoms with Gasteiger partial charge in [0, 0.05) is 66.8 Å². The molecule has 4 rings (SSSR count). The average molecular weight is 470 g/mol. The van der Waals surface area contributed by atoms with E-state index in [4.69, 9.17) is 16.3 Å². The van der Waals surface area contributed by atoms with Crippen LogP contribution in [0, 0.1) is 5.92 Å². The van der Waals surface area contributed by atoms with Crippen molar-refractivity contribution in [1.82, 2.24) is 10.2 Å². The number of halogens is 1. The Morgan fingerprint density at radius 1 is 1.15 bits per heavy atom. The molecule has 2 saturated heterocycles. The molecule has 2 aromatic rings. The molecule has 0 aromatic heterocycles. The van der Waals surface area contributed by atoms with Gasteiger partial charge in [-0.1, -0.05) is 43.6 Å². The molecule has 1 unspecified atom stereocenters. The van der Waals surface area contributed by atoms with Crippen LogP contribution in [-0.4, -0.2) is 62.7 Å². The van der Waals surface area contributed by atoms with Crippen LogP contribution in [0.4, 0.5) is 5.69 Å². The second-order valence-corrected chi connectivity index (χ2v) is 10.1.